The normalized spacial score (nSPS) is 20.5. The number of benzene rings is 1. The monoisotopic (exact) mass is 166 g/mol. The van der Waals surface area contributed by atoms with Crippen LogP contribution in [0.5, 0.6) is 11.5 Å². The predicted octanol–water partition coefficient (Wildman–Crippen LogP) is 1.17. The molecule has 0 radical (unpaired) electrons. The van der Waals surface area contributed by atoms with Crippen LogP contribution in [0.1, 0.15) is 0 Å². The molecule has 1 saturated heterocycles. The number of phenols is 1. The lowest BCUT2D eigenvalue weighted by Crippen LogP contribution is -2.03. The number of rotatable bonds is 3. The smallest absolute Gasteiger partial charge is 0.123 e. The van der Waals surface area contributed by atoms with Gasteiger partial charge in [0.15, 0.2) is 0 Å². The van der Waals surface area contributed by atoms with Gasteiger partial charge >= 0.3 is 0 Å². The van der Waals surface area contributed by atoms with E-state index in [0.29, 0.717) is 12.4 Å². The predicted molar refractivity (Wildman–Crippen MR) is 43.3 cm³/mol. The second-order valence-electron chi connectivity index (χ2n) is 2.76. The largest absolute Gasteiger partial charge is 0.508 e. The molecule has 1 aromatic carbocycles. The van der Waals surface area contributed by atoms with Crippen LogP contribution in [0.3, 0.4) is 0 Å². The molecule has 1 aliphatic rings. The molecule has 3 nitrogen and oxygen atoms in total. The SMILES string of the molecule is Oc1cccc(OC[C@H]2CO2)c1. The maximum atomic E-state index is 9.08. The molecule has 0 aromatic heterocycles. The molecule has 0 saturated carbocycles. The van der Waals surface area contributed by atoms with E-state index in [2.05, 4.69) is 0 Å². The quantitative estimate of drug-likeness (QED) is 0.685. The van der Waals surface area contributed by atoms with E-state index in [1.807, 2.05) is 6.07 Å². The first kappa shape index (κ1) is 7.43. The molecule has 1 aromatic rings. The summed E-state index contributed by atoms with van der Waals surface area (Å²) < 4.78 is 10.3. The van der Waals surface area contributed by atoms with Gasteiger partial charge in [-0.25, -0.2) is 0 Å². The molecule has 1 heterocycles. The van der Waals surface area contributed by atoms with Gasteiger partial charge in [-0.15, -0.1) is 0 Å². The Morgan fingerprint density at radius 1 is 1.58 bits per heavy atom. The van der Waals surface area contributed by atoms with Crippen molar-refractivity contribution in [2.45, 2.75) is 6.10 Å². The lowest BCUT2D eigenvalue weighted by atomic mass is 10.3. The van der Waals surface area contributed by atoms with Gasteiger partial charge in [-0.3, -0.25) is 0 Å². The summed E-state index contributed by atoms with van der Waals surface area (Å²) in [5.41, 5.74) is 0. The molecule has 1 N–H and O–H groups in total. The molecule has 3 heteroatoms. The van der Waals surface area contributed by atoms with Crippen molar-refractivity contribution < 1.29 is 14.6 Å². The van der Waals surface area contributed by atoms with Gasteiger partial charge in [0, 0.05) is 6.07 Å². The fourth-order valence-corrected chi connectivity index (χ4v) is 0.927. The molecule has 0 unspecified atom stereocenters. The molecule has 0 spiro atoms. The van der Waals surface area contributed by atoms with Crippen molar-refractivity contribution in [2.24, 2.45) is 0 Å². The minimum Gasteiger partial charge on any atom is -0.508 e. The lowest BCUT2D eigenvalue weighted by molar-refractivity contribution is 0.262. The third-order valence-corrected chi connectivity index (χ3v) is 1.66. The Morgan fingerprint density at radius 2 is 2.42 bits per heavy atom. The average Bonchev–Trinajstić information content (AvgIpc) is 2.84. The Balaban J connectivity index is 1.92. The second kappa shape index (κ2) is 3.03. The number of phenolic OH excluding ortho intramolecular Hbond substituents is 1. The number of ether oxygens (including phenoxy) is 2. The molecule has 0 amide bonds. The van der Waals surface area contributed by atoms with E-state index in [1.165, 1.54) is 0 Å². The van der Waals surface area contributed by atoms with Crippen LogP contribution in [0.15, 0.2) is 24.3 Å². The minimum atomic E-state index is 0.226. The van der Waals surface area contributed by atoms with Crippen molar-refractivity contribution in [3.8, 4) is 11.5 Å². The highest BCUT2D eigenvalue weighted by molar-refractivity contribution is 5.31. The summed E-state index contributed by atoms with van der Waals surface area (Å²) in [6, 6.07) is 6.75. The van der Waals surface area contributed by atoms with Crippen molar-refractivity contribution in [2.75, 3.05) is 13.2 Å². The second-order valence-corrected chi connectivity index (χ2v) is 2.76. The fraction of sp³-hybridized carbons (Fsp3) is 0.333. The van der Waals surface area contributed by atoms with Crippen LogP contribution < -0.4 is 4.74 Å². The molecule has 2 rings (SSSR count). The van der Waals surface area contributed by atoms with Gasteiger partial charge in [-0.05, 0) is 12.1 Å². The third kappa shape index (κ3) is 1.89. The Labute approximate surface area is 70.5 Å². The first-order valence-electron chi connectivity index (χ1n) is 3.88. The molecule has 1 atom stereocenters. The van der Waals surface area contributed by atoms with Crippen molar-refractivity contribution in [3.05, 3.63) is 24.3 Å². The highest BCUT2D eigenvalue weighted by Crippen LogP contribution is 2.19. The lowest BCUT2D eigenvalue weighted by Gasteiger charge is -2.03. The number of hydrogen-bond acceptors (Lipinski definition) is 3. The molecular weight excluding hydrogens is 156 g/mol. The Morgan fingerprint density at radius 3 is 3.08 bits per heavy atom. The fourth-order valence-electron chi connectivity index (χ4n) is 0.927. The van der Waals surface area contributed by atoms with Crippen LogP contribution in [0.2, 0.25) is 0 Å². The minimum absolute atomic E-state index is 0.226. The molecule has 0 bridgehead atoms. The van der Waals surface area contributed by atoms with Crippen LogP contribution in [-0.2, 0) is 4.74 Å². The zero-order valence-corrected chi connectivity index (χ0v) is 6.56. The van der Waals surface area contributed by atoms with E-state index in [4.69, 9.17) is 14.6 Å². The number of hydrogen-bond donors (Lipinski definition) is 1. The average molecular weight is 166 g/mol. The zero-order chi connectivity index (χ0) is 8.39. The zero-order valence-electron chi connectivity index (χ0n) is 6.56. The van der Waals surface area contributed by atoms with Crippen LogP contribution in [0.25, 0.3) is 0 Å². The van der Waals surface area contributed by atoms with Gasteiger partial charge in [-0.1, -0.05) is 6.07 Å². The number of epoxide rings is 1. The van der Waals surface area contributed by atoms with Gasteiger partial charge in [-0.2, -0.15) is 0 Å². The molecule has 12 heavy (non-hydrogen) atoms. The molecule has 64 valence electrons. The molecule has 0 aliphatic carbocycles. The Hall–Kier alpha value is -1.22. The van der Waals surface area contributed by atoms with Gasteiger partial charge in [0.05, 0.1) is 6.61 Å². The van der Waals surface area contributed by atoms with Crippen LogP contribution in [0.4, 0.5) is 0 Å². The Bertz CT molecular complexity index is 268. The van der Waals surface area contributed by atoms with Gasteiger partial charge in [0.1, 0.15) is 24.2 Å². The molecule has 1 fully saturated rings. The summed E-state index contributed by atoms with van der Waals surface area (Å²) in [4.78, 5) is 0. The summed E-state index contributed by atoms with van der Waals surface area (Å²) in [6.45, 7) is 1.36. The van der Waals surface area contributed by atoms with E-state index < -0.39 is 0 Å². The number of aromatic hydroxyl groups is 1. The van der Waals surface area contributed by atoms with E-state index >= 15 is 0 Å². The highest BCUT2D eigenvalue weighted by atomic mass is 16.6. The topological polar surface area (TPSA) is 42.0 Å². The first-order chi connectivity index (χ1) is 5.84. The highest BCUT2D eigenvalue weighted by Gasteiger charge is 2.22. The standard InChI is InChI=1S/C9H10O3/c10-7-2-1-3-8(4-7)11-5-9-6-12-9/h1-4,9-10H,5-6H2/t9-/m0/s1. The van der Waals surface area contributed by atoms with E-state index in [-0.39, 0.29) is 11.9 Å². The molecular formula is C9H10O3. The van der Waals surface area contributed by atoms with Gasteiger partial charge in [0.2, 0.25) is 0 Å². The Kier molecular flexibility index (Phi) is 1.87. The van der Waals surface area contributed by atoms with Gasteiger partial charge in [0.25, 0.3) is 0 Å². The van der Waals surface area contributed by atoms with Crippen molar-refractivity contribution >= 4 is 0 Å². The summed E-state index contributed by atoms with van der Waals surface area (Å²) in [5.74, 6) is 0.912. The van der Waals surface area contributed by atoms with Crippen LogP contribution in [-0.4, -0.2) is 24.4 Å². The maximum absolute atomic E-state index is 9.08. The molecule has 1 aliphatic heterocycles. The van der Waals surface area contributed by atoms with Crippen LogP contribution >= 0.6 is 0 Å². The van der Waals surface area contributed by atoms with Crippen LogP contribution in [0, 0.1) is 0 Å². The van der Waals surface area contributed by atoms with E-state index in [0.717, 1.165) is 6.61 Å². The van der Waals surface area contributed by atoms with Gasteiger partial charge < -0.3 is 14.6 Å². The van der Waals surface area contributed by atoms with E-state index in [9.17, 15) is 0 Å². The third-order valence-electron chi connectivity index (χ3n) is 1.66. The summed E-state index contributed by atoms with van der Waals surface area (Å²) in [7, 11) is 0. The van der Waals surface area contributed by atoms with Crippen molar-refractivity contribution in [1.29, 1.82) is 0 Å². The summed E-state index contributed by atoms with van der Waals surface area (Å²) in [5, 5.41) is 9.08. The summed E-state index contributed by atoms with van der Waals surface area (Å²) in [6.07, 6.45) is 0.257. The maximum Gasteiger partial charge on any atom is 0.123 e. The van der Waals surface area contributed by atoms with Crippen molar-refractivity contribution in [1.82, 2.24) is 0 Å². The van der Waals surface area contributed by atoms with Crippen molar-refractivity contribution in [3.63, 3.8) is 0 Å². The summed E-state index contributed by atoms with van der Waals surface area (Å²) >= 11 is 0. The first-order valence-corrected chi connectivity index (χ1v) is 3.88. The van der Waals surface area contributed by atoms with E-state index in [1.54, 1.807) is 18.2 Å².